The molecule has 1 radical (unpaired) electrons. The predicted octanol–water partition coefficient (Wildman–Crippen LogP) is 3.88. The average Bonchev–Trinajstić information content (AvgIpc) is 2.88. The Labute approximate surface area is 186 Å². The Hall–Kier alpha value is -1.64. The van der Waals surface area contributed by atoms with Crippen LogP contribution in [-0.4, -0.2) is 58.8 Å². The predicted molar refractivity (Wildman–Crippen MR) is 119 cm³/mol. The van der Waals surface area contributed by atoms with E-state index < -0.39 is 47.4 Å². The summed E-state index contributed by atoms with van der Waals surface area (Å²) in [6.45, 7) is 15.0. The van der Waals surface area contributed by atoms with Gasteiger partial charge in [0.2, 0.25) is 0 Å². The Morgan fingerprint density at radius 2 is 1.71 bits per heavy atom. The molecule has 0 aromatic heterocycles. The number of aliphatic hydroxyl groups is 1. The summed E-state index contributed by atoms with van der Waals surface area (Å²) in [5, 5.41) is 10.2. The SMILES string of the molecule is CC(C)(C)OC(=O)N1[C@@H](CF)[C@@H](c2ccc([B]OC(C)(C)C(C)(C)O)cc2)OC1(C)C. The average molecular weight is 436 g/mol. The quantitative estimate of drug-likeness (QED) is 0.686. The molecule has 1 saturated heterocycles. The zero-order valence-electron chi connectivity index (χ0n) is 20.2. The molecule has 0 spiro atoms. The van der Waals surface area contributed by atoms with E-state index in [2.05, 4.69) is 0 Å². The van der Waals surface area contributed by atoms with Crippen LogP contribution in [0.1, 0.15) is 74.0 Å². The van der Waals surface area contributed by atoms with E-state index >= 15 is 0 Å². The standard InChI is InChI=1S/C23H36BFNO5/c1-20(2,3)30-19(27)26-17(14-25)18(29-23(26,8)9)15-10-12-16(13-11-15)24-31-22(6,7)21(4,5)28/h10-13,17-18,28H,14H2,1-9H3/t17-,18+/m0/s1. The van der Waals surface area contributed by atoms with E-state index in [-0.39, 0.29) is 0 Å². The van der Waals surface area contributed by atoms with Crippen LogP contribution < -0.4 is 5.46 Å². The van der Waals surface area contributed by atoms with Crippen LogP contribution >= 0.6 is 0 Å². The van der Waals surface area contributed by atoms with Gasteiger partial charge >= 0.3 is 13.6 Å². The molecule has 1 heterocycles. The third kappa shape index (κ3) is 5.99. The number of halogens is 1. The minimum Gasteiger partial charge on any atom is -0.444 e. The highest BCUT2D eigenvalue weighted by Gasteiger charge is 2.51. The van der Waals surface area contributed by atoms with Crippen LogP contribution in [-0.2, 0) is 14.1 Å². The molecule has 1 aliphatic rings. The molecule has 1 amide bonds. The van der Waals surface area contributed by atoms with Gasteiger partial charge in [-0.05, 0) is 67.9 Å². The number of rotatable bonds is 6. The van der Waals surface area contributed by atoms with Crippen LogP contribution in [0.2, 0.25) is 0 Å². The lowest BCUT2D eigenvalue weighted by molar-refractivity contribution is -0.0893. The van der Waals surface area contributed by atoms with Gasteiger partial charge in [-0.1, -0.05) is 29.7 Å². The minimum atomic E-state index is -1.02. The van der Waals surface area contributed by atoms with E-state index in [0.29, 0.717) is 0 Å². The summed E-state index contributed by atoms with van der Waals surface area (Å²) in [6, 6.07) is 6.52. The molecule has 1 aromatic carbocycles. The van der Waals surface area contributed by atoms with Crippen molar-refractivity contribution in [3.63, 3.8) is 0 Å². The first-order valence-corrected chi connectivity index (χ1v) is 10.6. The lowest BCUT2D eigenvalue weighted by Gasteiger charge is -2.37. The van der Waals surface area contributed by atoms with Crippen molar-refractivity contribution < 1.29 is 28.4 Å². The Morgan fingerprint density at radius 1 is 1.16 bits per heavy atom. The summed E-state index contributed by atoms with van der Waals surface area (Å²) in [5.74, 6) is 0. The van der Waals surface area contributed by atoms with E-state index in [9.17, 15) is 14.3 Å². The molecule has 1 fully saturated rings. The van der Waals surface area contributed by atoms with Gasteiger partial charge in [-0.3, -0.25) is 4.90 Å². The van der Waals surface area contributed by atoms with Crippen LogP contribution in [0.15, 0.2) is 24.3 Å². The third-order valence-electron chi connectivity index (χ3n) is 5.65. The Morgan fingerprint density at radius 3 is 2.16 bits per heavy atom. The molecule has 0 bridgehead atoms. The number of benzene rings is 1. The number of hydrogen-bond acceptors (Lipinski definition) is 5. The highest BCUT2D eigenvalue weighted by molar-refractivity contribution is 6.47. The fraction of sp³-hybridized carbons (Fsp3) is 0.696. The van der Waals surface area contributed by atoms with Crippen molar-refractivity contribution in [3.8, 4) is 0 Å². The normalized spacial score (nSPS) is 21.8. The number of carbonyl (C=O) groups excluding carboxylic acids is 1. The van der Waals surface area contributed by atoms with E-state index in [1.807, 2.05) is 38.1 Å². The Balaban J connectivity index is 2.18. The summed E-state index contributed by atoms with van der Waals surface area (Å²) in [7, 11) is 1.58. The molecule has 1 aromatic rings. The molecule has 8 heteroatoms. The van der Waals surface area contributed by atoms with Gasteiger partial charge in [-0.25, -0.2) is 9.18 Å². The summed E-state index contributed by atoms with van der Waals surface area (Å²) < 4.78 is 31.4. The molecule has 6 nitrogen and oxygen atoms in total. The zero-order valence-corrected chi connectivity index (χ0v) is 20.2. The lowest BCUT2D eigenvalue weighted by atomic mass is 9.82. The highest BCUT2D eigenvalue weighted by atomic mass is 19.1. The molecule has 0 unspecified atom stereocenters. The van der Waals surface area contributed by atoms with Gasteiger partial charge in [-0.15, -0.1) is 0 Å². The maximum atomic E-state index is 14.1. The molecule has 2 atom stereocenters. The molecule has 1 N–H and O–H groups in total. The van der Waals surface area contributed by atoms with E-state index in [1.165, 1.54) is 4.90 Å². The maximum Gasteiger partial charge on any atom is 0.413 e. The third-order valence-corrected chi connectivity index (χ3v) is 5.65. The molecule has 0 aliphatic carbocycles. The van der Waals surface area contributed by atoms with Gasteiger partial charge in [0.1, 0.15) is 24.1 Å². The van der Waals surface area contributed by atoms with Crippen LogP contribution in [0, 0.1) is 0 Å². The maximum absolute atomic E-state index is 14.1. The molecule has 173 valence electrons. The topological polar surface area (TPSA) is 68.2 Å². The number of ether oxygens (including phenoxy) is 2. The van der Waals surface area contributed by atoms with Crippen molar-refractivity contribution in [1.82, 2.24) is 4.90 Å². The highest BCUT2D eigenvalue weighted by Crippen LogP contribution is 2.41. The Kier molecular flexibility index (Phi) is 7.20. The monoisotopic (exact) mass is 436 g/mol. The van der Waals surface area contributed by atoms with E-state index in [1.54, 1.807) is 55.9 Å². The van der Waals surface area contributed by atoms with Crippen LogP contribution in [0.4, 0.5) is 9.18 Å². The second-order valence-corrected chi connectivity index (χ2v) is 10.5. The van der Waals surface area contributed by atoms with Crippen LogP contribution in [0.5, 0.6) is 0 Å². The molecule has 2 rings (SSSR count). The Bertz CT molecular complexity index is 768. The minimum absolute atomic E-state index is 0.602. The number of nitrogens with zero attached hydrogens (tertiary/aromatic N) is 1. The lowest BCUT2D eigenvalue weighted by Crippen LogP contribution is -2.50. The van der Waals surface area contributed by atoms with Gasteiger partial charge < -0.3 is 19.2 Å². The van der Waals surface area contributed by atoms with Crippen molar-refractivity contribution >= 4 is 19.0 Å². The zero-order chi connectivity index (χ0) is 23.8. The first kappa shape index (κ1) is 25.6. The van der Waals surface area contributed by atoms with Gasteiger partial charge in [0.25, 0.3) is 0 Å². The largest absolute Gasteiger partial charge is 0.444 e. The first-order valence-electron chi connectivity index (χ1n) is 10.6. The second-order valence-electron chi connectivity index (χ2n) is 10.5. The van der Waals surface area contributed by atoms with Crippen LogP contribution in [0.25, 0.3) is 0 Å². The van der Waals surface area contributed by atoms with Crippen molar-refractivity contribution in [2.45, 2.75) is 97.0 Å². The van der Waals surface area contributed by atoms with Gasteiger partial charge in [0, 0.05) is 0 Å². The van der Waals surface area contributed by atoms with Gasteiger partial charge in [-0.2, -0.15) is 0 Å². The molecular weight excluding hydrogens is 400 g/mol. The van der Waals surface area contributed by atoms with Crippen LogP contribution in [0.3, 0.4) is 0 Å². The smallest absolute Gasteiger partial charge is 0.413 e. The van der Waals surface area contributed by atoms with Crippen molar-refractivity contribution in [2.75, 3.05) is 6.67 Å². The molecular formula is C23H36BFNO5. The molecule has 0 saturated carbocycles. The van der Waals surface area contributed by atoms with E-state index in [4.69, 9.17) is 14.1 Å². The summed E-state index contributed by atoms with van der Waals surface area (Å²) in [5.41, 5.74) is -1.97. The number of hydrogen-bond donors (Lipinski definition) is 1. The molecule has 1 aliphatic heterocycles. The van der Waals surface area contributed by atoms with E-state index in [0.717, 1.165) is 11.0 Å². The van der Waals surface area contributed by atoms with Crippen molar-refractivity contribution in [1.29, 1.82) is 0 Å². The van der Waals surface area contributed by atoms with Crippen molar-refractivity contribution in [3.05, 3.63) is 29.8 Å². The fourth-order valence-corrected chi connectivity index (χ4v) is 3.21. The second kappa shape index (κ2) is 8.72. The summed E-state index contributed by atoms with van der Waals surface area (Å²) in [6.07, 6.45) is -1.23. The van der Waals surface area contributed by atoms with Gasteiger partial charge in [0.15, 0.2) is 0 Å². The number of amides is 1. The number of carbonyl (C=O) groups is 1. The summed E-state index contributed by atoms with van der Waals surface area (Å²) >= 11 is 0. The molecule has 31 heavy (non-hydrogen) atoms. The fourth-order valence-electron chi connectivity index (χ4n) is 3.21. The van der Waals surface area contributed by atoms with Crippen molar-refractivity contribution in [2.24, 2.45) is 0 Å². The first-order chi connectivity index (χ1) is 14.0. The summed E-state index contributed by atoms with van der Waals surface area (Å²) in [4.78, 5) is 14.1. The van der Waals surface area contributed by atoms with Gasteiger partial charge in [0.05, 0.1) is 17.2 Å². The number of alkyl halides is 1.